The molecule has 178 valence electrons. The smallest absolute Gasteiger partial charge is 0.265 e. The molecule has 0 unspecified atom stereocenters. The fraction of sp³-hybridized carbons (Fsp3) is 0.261. The minimum atomic E-state index is -4.05. The van der Waals surface area contributed by atoms with Crippen LogP contribution < -0.4 is 19.5 Å². The van der Waals surface area contributed by atoms with Crippen LogP contribution in [-0.4, -0.2) is 43.7 Å². The highest BCUT2D eigenvalue weighted by Gasteiger charge is 2.28. The lowest BCUT2D eigenvalue weighted by atomic mass is 10.1. The van der Waals surface area contributed by atoms with Crippen LogP contribution in [0, 0.1) is 6.92 Å². The molecule has 2 N–H and O–H groups in total. The molecule has 2 aromatic carbocycles. The Hall–Kier alpha value is -3.86. The Morgan fingerprint density at radius 1 is 1.12 bits per heavy atom. The Morgan fingerprint density at radius 2 is 1.85 bits per heavy atom. The molecule has 0 aliphatic carbocycles. The van der Waals surface area contributed by atoms with Crippen molar-refractivity contribution in [2.24, 2.45) is 0 Å². The van der Waals surface area contributed by atoms with Gasteiger partial charge in [-0.05, 0) is 55.8 Å². The second kappa shape index (κ2) is 9.18. The normalized spacial score (nSPS) is 13.6. The maximum atomic E-state index is 13.3. The van der Waals surface area contributed by atoms with Crippen molar-refractivity contribution in [3.05, 3.63) is 48.2 Å². The van der Waals surface area contributed by atoms with E-state index in [2.05, 4.69) is 15.1 Å². The van der Waals surface area contributed by atoms with Gasteiger partial charge in [0.05, 0.1) is 19.4 Å². The number of hydrogen-bond acceptors (Lipinski definition) is 7. The number of aryl methyl sites for hydroxylation is 1. The van der Waals surface area contributed by atoms with Gasteiger partial charge in [-0.1, -0.05) is 6.07 Å². The van der Waals surface area contributed by atoms with Gasteiger partial charge in [0, 0.05) is 24.1 Å². The molecule has 3 aromatic rings. The zero-order valence-corrected chi connectivity index (χ0v) is 19.7. The maximum absolute atomic E-state index is 13.3. The molecule has 4 rings (SSSR count). The number of fused-ring (bicyclic) bond motifs is 1. The minimum Gasteiger partial charge on any atom is -0.495 e. The molecule has 34 heavy (non-hydrogen) atoms. The van der Waals surface area contributed by atoms with Gasteiger partial charge in [-0.25, -0.2) is 8.42 Å². The molecule has 0 fully saturated rings. The van der Waals surface area contributed by atoms with Gasteiger partial charge in [0.15, 0.2) is 0 Å². The number of rotatable bonds is 7. The van der Waals surface area contributed by atoms with E-state index in [4.69, 9.17) is 9.47 Å². The van der Waals surface area contributed by atoms with E-state index in [1.165, 1.54) is 19.2 Å². The largest absolute Gasteiger partial charge is 0.495 e. The molecule has 10 nitrogen and oxygen atoms in total. The lowest BCUT2D eigenvalue weighted by molar-refractivity contribution is -0.116. The summed E-state index contributed by atoms with van der Waals surface area (Å²) in [7, 11) is -2.68. The average molecular weight is 485 g/mol. The first-order chi connectivity index (χ1) is 16.2. The number of aromatic nitrogens is 2. The van der Waals surface area contributed by atoms with Crippen LogP contribution in [-0.2, 0) is 14.8 Å². The zero-order chi connectivity index (χ0) is 24.5. The highest BCUT2D eigenvalue weighted by Crippen LogP contribution is 2.37. The Kier molecular flexibility index (Phi) is 6.29. The predicted octanol–water partition coefficient (Wildman–Crippen LogP) is 3.44. The second-order valence-electron chi connectivity index (χ2n) is 7.59. The van der Waals surface area contributed by atoms with Gasteiger partial charge in [-0.2, -0.15) is 9.78 Å². The van der Waals surface area contributed by atoms with Gasteiger partial charge in [-0.15, -0.1) is 0 Å². The Balaban J connectivity index is 1.76. The van der Waals surface area contributed by atoms with Crippen molar-refractivity contribution in [3.63, 3.8) is 0 Å². The van der Waals surface area contributed by atoms with Crippen molar-refractivity contribution in [1.29, 1.82) is 0 Å². The Bertz CT molecular complexity index is 1360. The van der Waals surface area contributed by atoms with Crippen molar-refractivity contribution in [2.45, 2.75) is 31.6 Å². The van der Waals surface area contributed by atoms with Gasteiger partial charge in [0.2, 0.25) is 11.8 Å². The van der Waals surface area contributed by atoms with E-state index in [1.807, 2.05) is 6.92 Å². The number of ether oxygens (including phenoxy) is 2. The Labute approximate surface area is 196 Å². The number of hydrogen-bond donors (Lipinski definition) is 2. The van der Waals surface area contributed by atoms with Gasteiger partial charge in [0.1, 0.15) is 22.2 Å². The number of sulfonamides is 1. The van der Waals surface area contributed by atoms with Crippen LogP contribution >= 0.6 is 0 Å². The summed E-state index contributed by atoms with van der Waals surface area (Å²) >= 11 is 0. The third-order valence-corrected chi connectivity index (χ3v) is 6.68. The maximum Gasteiger partial charge on any atom is 0.265 e. The van der Waals surface area contributed by atoms with Crippen LogP contribution in [0.4, 0.5) is 11.5 Å². The second-order valence-corrected chi connectivity index (χ2v) is 9.24. The summed E-state index contributed by atoms with van der Waals surface area (Å²) in [5.74, 6) is 0.350. The quantitative estimate of drug-likeness (QED) is 0.526. The third kappa shape index (κ3) is 4.46. The molecule has 0 saturated carbocycles. The number of carbonyl (C=O) groups is 2. The average Bonchev–Trinajstić information content (AvgIpc) is 3.06. The lowest BCUT2D eigenvalue weighted by Crippen LogP contribution is -2.14. The summed E-state index contributed by atoms with van der Waals surface area (Å²) in [6.07, 6.45) is 0.0859. The molecule has 1 aliphatic heterocycles. The molecule has 0 bridgehead atoms. The van der Waals surface area contributed by atoms with Crippen molar-refractivity contribution in [1.82, 2.24) is 9.78 Å². The van der Waals surface area contributed by atoms with Crippen LogP contribution in [0.2, 0.25) is 0 Å². The molecule has 0 saturated heterocycles. The predicted molar refractivity (Wildman–Crippen MR) is 126 cm³/mol. The van der Waals surface area contributed by atoms with Crippen molar-refractivity contribution in [2.75, 3.05) is 23.8 Å². The van der Waals surface area contributed by atoms with Crippen LogP contribution in [0.3, 0.4) is 0 Å². The van der Waals surface area contributed by atoms with Crippen molar-refractivity contribution >= 4 is 33.3 Å². The Morgan fingerprint density at radius 3 is 2.53 bits per heavy atom. The molecule has 1 aliphatic rings. The molecular weight excluding hydrogens is 460 g/mol. The van der Waals surface area contributed by atoms with E-state index in [1.54, 1.807) is 37.3 Å². The monoisotopic (exact) mass is 484 g/mol. The molecule has 0 radical (unpaired) electrons. The standard InChI is InChI=1S/C23H24N4O6S/c1-4-33-17-8-6-16(7-9-17)26-34(30,31)19-13-15(5-10-18(19)32-3)22-14(2)25-27-21(29)12-11-20(28)24-23(22)27/h5-10,13,26H,4,11-12H2,1-3H3,(H,24,28). The first kappa shape index (κ1) is 23.3. The number of methoxy groups -OCH3 is 1. The molecule has 0 spiro atoms. The summed E-state index contributed by atoms with van der Waals surface area (Å²) in [5.41, 5.74) is 1.74. The topological polar surface area (TPSA) is 129 Å². The van der Waals surface area contributed by atoms with Gasteiger partial charge >= 0.3 is 0 Å². The number of nitrogens with zero attached hydrogens (tertiary/aromatic N) is 2. The van der Waals surface area contributed by atoms with Crippen molar-refractivity contribution < 1.29 is 27.5 Å². The lowest BCUT2D eigenvalue weighted by Gasteiger charge is -2.14. The number of carbonyl (C=O) groups excluding carboxylic acids is 2. The molecule has 0 atom stereocenters. The first-order valence-corrected chi connectivity index (χ1v) is 12.1. The summed E-state index contributed by atoms with van der Waals surface area (Å²) in [6, 6.07) is 11.1. The summed E-state index contributed by atoms with van der Waals surface area (Å²) in [6.45, 7) is 4.05. The summed E-state index contributed by atoms with van der Waals surface area (Å²) in [5, 5.41) is 6.99. The first-order valence-electron chi connectivity index (χ1n) is 10.6. The van der Waals surface area contributed by atoms with E-state index in [-0.39, 0.29) is 41.1 Å². The molecule has 11 heteroatoms. The number of benzene rings is 2. The fourth-order valence-electron chi connectivity index (χ4n) is 3.73. The van der Waals surface area contributed by atoms with E-state index in [9.17, 15) is 18.0 Å². The molecule has 1 amide bonds. The van der Waals surface area contributed by atoms with Gasteiger partial charge in [0.25, 0.3) is 10.0 Å². The number of nitrogens with one attached hydrogen (secondary N) is 2. The van der Waals surface area contributed by atoms with Crippen LogP contribution in [0.25, 0.3) is 11.1 Å². The number of amides is 1. The summed E-state index contributed by atoms with van der Waals surface area (Å²) < 4.78 is 41.0. The van der Waals surface area contributed by atoms with Gasteiger partial charge in [-0.3, -0.25) is 14.3 Å². The van der Waals surface area contributed by atoms with E-state index >= 15 is 0 Å². The van der Waals surface area contributed by atoms with Crippen LogP contribution in [0.5, 0.6) is 11.5 Å². The van der Waals surface area contributed by atoms with Crippen molar-refractivity contribution in [3.8, 4) is 22.6 Å². The minimum absolute atomic E-state index is 0.0354. The fourth-order valence-corrected chi connectivity index (χ4v) is 4.98. The molecule has 2 heterocycles. The van der Waals surface area contributed by atoms with E-state index < -0.39 is 10.0 Å². The molecular formula is C23H24N4O6S. The van der Waals surface area contributed by atoms with Gasteiger partial charge < -0.3 is 14.8 Å². The summed E-state index contributed by atoms with van der Waals surface area (Å²) in [4.78, 5) is 24.5. The van der Waals surface area contributed by atoms with Crippen LogP contribution in [0.1, 0.15) is 30.3 Å². The van der Waals surface area contributed by atoms with Crippen LogP contribution in [0.15, 0.2) is 47.4 Å². The third-order valence-electron chi connectivity index (χ3n) is 5.28. The van der Waals surface area contributed by atoms with E-state index in [0.29, 0.717) is 34.9 Å². The molecule has 1 aromatic heterocycles. The highest BCUT2D eigenvalue weighted by molar-refractivity contribution is 7.92. The van der Waals surface area contributed by atoms with E-state index in [0.717, 1.165) is 4.68 Å². The highest BCUT2D eigenvalue weighted by atomic mass is 32.2. The SMILES string of the molecule is CCOc1ccc(NS(=O)(=O)c2cc(-c3c(C)nn4c3NC(=O)CCC4=O)ccc2OC)cc1. The number of anilines is 2. The zero-order valence-electron chi connectivity index (χ0n) is 18.9.